The molecule has 0 spiro atoms. The predicted octanol–water partition coefficient (Wildman–Crippen LogP) is 4.57. The fraction of sp³-hybridized carbons (Fsp3) is 0.538. The number of rotatable bonds is 3. The van der Waals surface area contributed by atoms with Gasteiger partial charge < -0.3 is 4.98 Å². The third kappa shape index (κ3) is 3.47. The van der Waals surface area contributed by atoms with Crippen molar-refractivity contribution in [2.24, 2.45) is 0 Å². The molecule has 0 amide bonds. The Morgan fingerprint density at radius 1 is 1.07 bits per heavy atom. The molecule has 1 aromatic rings. The molecule has 0 saturated carbocycles. The molecule has 0 aliphatic heterocycles. The Bertz CT molecular complexity index is 298. The fourth-order valence-corrected chi connectivity index (χ4v) is 2.16. The summed E-state index contributed by atoms with van der Waals surface area (Å²) >= 11 is 0. The average molecular weight is 220 g/mol. The van der Waals surface area contributed by atoms with E-state index in [0.29, 0.717) is 5.04 Å². The van der Waals surface area contributed by atoms with Crippen molar-refractivity contribution in [3.05, 3.63) is 40.9 Å². The highest BCUT2D eigenvalue weighted by Crippen LogP contribution is 2.39. The van der Waals surface area contributed by atoms with E-state index >= 15 is 0 Å². The second-order valence-corrected chi connectivity index (χ2v) is 10.5. The molecule has 84 valence electrons. The lowest BCUT2D eigenvalue weighted by molar-refractivity contribution is 0.723. The normalized spacial score (nSPS) is 12.9. The molecule has 1 nitrogen and oxygen atoms in total. The van der Waals surface area contributed by atoms with Crippen molar-refractivity contribution in [2.75, 3.05) is 0 Å². The number of nitrogens with zero attached hydrogens (tertiary/aromatic N) is 1. The van der Waals surface area contributed by atoms with Crippen molar-refractivity contribution < 1.29 is 0 Å². The molecule has 0 saturated heterocycles. The Morgan fingerprint density at radius 2 is 1.60 bits per heavy atom. The first-order chi connectivity index (χ1) is 6.83. The van der Waals surface area contributed by atoms with E-state index in [1.165, 1.54) is 5.56 Å². The van der Waals surface area contributed by atoms with Gasteiger partial charge >= 0.3 is 0 Å². The monoisotopic (exact) mass is 220 g/mol. The lowest BCUT2D eigenvalue weighted by Gasteiger charge is -2.50. The van der Waals surface area contributed by atoms with Gasteiger partial charge in [0, 0.05) is 0 Å². The first kappa shape index (κ1) is 12.5. The van der Waals surface area contributed by atoms with Crippen LogP contribution < -0.4 is 0 Å². The molecule has 1 aromatic carbocycles. The van der Waals surface area contributed by atoms with Gasteiger partial charge in [-0.2, -0.15) is 0 Å². The van der Waals surface area contributed by atoms with Gasteiger partial charge in [0.05, 0.1) is 0 Å². The minimum Gasteiger partial charge on any atom is -0.661 e. The third-order valence-electron chi connectivity index (χ3n) is 3.34. The van der Waals surface area contributed by atoms with Gasteiger partial charge in [-0.25, -0.2) is 0 Å². The summed E-state index contributed by atoms with van der Waals surface area (Å²) in [5.41, 5.74) is 1.32. The van der Waals surface area contributed by atoms with Crippen LogP contribution in [-0.4, -0.2) is 8.24 Å². The Hall–Kier alpha value is -0.603. The van der Waals surface area contributed by atoms with Crippen LogP contribution in [0.2, 0.25) is 18.1 Å². The van der Waals surface area contributed by atoms with Gasteiger partial charge in [0.15, 0.2) is 0 Å². The molecule has 0 unspecified atom stereocenters. The number of benzene rings is 1. The van der Waals surface area contributed by atoms with Crippen molar-refractivity contribution in [3.8, 4) is 0 Å². The van der Waals surface area contributed by atoms with E-state index < -0.39 is 8.24 Å². The maximum absolute atomic E-state index is 4.94. The van der Waals surface area contributed by atoms with E-state index in [1.807, 2.05) is 0 Å². The highest BCUT2D eigenvalue weighted by molar-refractivity contribution is 6.84. The molecule has 0 radical (unpaired) electrons. The van der Waals surface area contributed by atoms with Crippen molar-refractivity contribution in [1.29, 1.82) is 0 Å². The van der Waals surface area contributed by atoms with Crippen molar-refractivity contribution in [1.82, 2.24) is 0 Å². The summed E-state index contributed by atoms with van der Waals surface area (Å²) < 4.78 is 0. The van der Waals surface area contributed by atoms with Gasteiger partial charge in [0.2, 0.25) is 0 Å². The Kier molecular flexibility index (Phi) is 3.74. The standard InChI is InChI=1S/C13H22NSi/c1-13(2,3)15(4,5)14-11-12-9-7-6-8-10-12/h6-10H,11H2,1-5H3/q-1. The summed E-state index contributed by atoms with van der Waals surface area (Å²) in [6, 6.07) is 10.5. The zero-order valence-electron chi connectivity index (χ0n) is 10.5. The van der Waals surface area contributed by atoms with E-state index in [1.54, 1.807) is 0 Å². The van der Waals surface area contributed by atoms with Crippen LogP contribution in [0.15, 0.2) is 30.3 Å². The van der Waals surface area contributed by atoms with Crippen LogP contribution in [0, 0.1) is 0 Å². The smallest absolute Gasteiger partial charge is 0.0573 e. The fourth-order valence-electron chi connectivity index (χ4n) is 1.11. The first-order valence-corrected chi connectivity index (χ1v) is 8.50. The molecule has 0 aliphatic rings. The molecule has 0 N–H and O–H groups in total. The lowest BCUT2D eigenvalue weighted by Crippen LogP contribution is -2.36. The molecule has 2 heteroatoms. The zero-order chi connectivity index (χ0) is 11.5. The first-order valence-electron chi connectivity index (χ1n) is 5.55. The topological polar surface area (TPSA) is 14.1 Å². The van der Waals surface area contributed by atoms with Crippen LogP contribution in [0.5, 0.6) is 0 Å². The molecule has 0 aliphatic carbocycles. The summed E-state index contributed by atoms with van der Waals surface area (Å²) in [6.07, 6.45) is 0. The maximum atomic E-state index is 4.94. The summed E-state index contributed by atoms with van der Waals surface area (Å²) in [7, 11) is -1.46. The highest BCUT2D eigenvalue weighted by atomic mass is 28.3. The number of hydrogen-bond donors (Lipinski definition) is 0. The van der Waals surface area contributed by atoms with Crippen LogP contribution in [-0.2, 0) is 6.54 Å². The Balaban J connectivity index is 2.58. The Morgan fingerprint density at radius 3 is 2.07 bits per heavy atom. The molecule has 0 fully saturated rings. The van der Waals surface area contributed by atoms with E-state index in [0.717, 1.165) is 6.54 Å². The zero-order valence-corrected chi connectivity index (χ0v) is 11.5. The van der Waals surface area contributed by atoms with E-state index in [4.69, 9.17) is 4.98 Å². The van der Waals surface area contributed by atoms with E-state index in [2.05, 4.69) is 64.2 Å². The molecular formula is C13H22NSi-. The average Bonchev–Trinajstić information content (AvgIpc) is 2.15. The van der Waals surface area contributed by atoms with Crippen molar-refractivity contribution in [3.63, 3.8) is 0 Å². The van der Waals surface area contributed by atoms with Gasteiger partial charge in [-0.15, -0.1) is 6.54 Å². The van der Waals surface area contributed by atoms with Crippen LogP contribution in [0.4, 0.5) is 0 Å². The van der Waals surface area contributed by atoms with Crippen LogP contribution in [0.3, 0.4) is 0 Å². The summed E-state index contributed by atoms with van der Waals surface area (Å²) in [4.78, 5) is 4.94. The SMILES string of the molecule is CC(C)(C)[Si](C)(C)[N-]Cc1ccccc1. The molecule has 0 atom stereocenters. The Labute approximate surface area is 95.0 Å². The second kappa shape index (κ2) is 4.50. The minimum atomic E-state index is -1.46. The van der Waals surface area contributed by atoms with Crippen LogP contribution >= 0.6 is 0 Å². The van der Waals surface area contributed by atoms with E-state index in [9.17, 15) is 0 Å². The summed E-state index contributed by atoms with van der Waals surface area (Å²) in [6.45, 7) is 12.5. The minimum absolute atomic E-state index is 0.349. The molecule has 0 bridgehead atoms. The molecule has 15 heavy (non-hydrogen) atoms. The maximum Gasteiger partial charge on any atom is -0.0573 e. The molecule has 1 rings (SSSR count). The number of hydrogen-bond acceptors (Lipinski definition) is 0. The van der Waals surface area contributed by atoms with Crippen molar-refractivity contribution >= 4 is 8.24 Å². The van der Waals surface area contributed by atoms with Gasteiger partial charge in [0.25, 0.3) is 0 Å². The highest BCUT2D eigenvalue weighted by Gasteiger charge is 2.24. The third-order valence-corrected chi connectivity index (χ3v) is 7.95. The quantitative estimate of drug-likeness (QED) is 0.663. The second-order valence-electron chi connectivity index (χ2n) is 5.61. The van der Waals surface area contributed by atoms with Gasteiger partial charge in [-0.3, -0.25) is 0 Å². The summed E-state index contributed by atoms with van der Waals surface area (Å²) in [5.74, 6) is 0. The predicted molar refractivity (Wildman–Crippen MR) is 70.7 cm³/mol. The lowest BCUT2D eigenvalue weighted by atomic mass is 10.2. The van der Waals surface area contributed by atoms with E-state index in [-0.39, 0.29) is 0 Å². The van der Waals surface area contributed by atoms with Gasteiger partial charge in [-0.05, 0) is 0 Å². The van der Waals surface area contributed by atoms with Gasteiger partial charge in [0.1, 0.15) is 0 Å². The molecule has 0 aromatic heterocycles. The van der Waals surface area contributed by atoms with Crippen molar-refractivity contribution in [2.45, 2.75) is 45.4 Å². The van der Waals surface area contributed by atoms with Crippen LogP contribution in [0.25, 0.3) is 4.98 Å². The van der Waals surface area contributed by atoms with Crippen LogP contribution in [0.1, 0.15) is 26.3 Å². The molecular weight excluding hydrogens is 198 g/mol. The molecule has 0 heterocycles. The summed E-state index contributed by atoms with van der Waals surface area (Å²) in [5, 5.41) is 0.349. The largest absolute Gasteiger partial charge is 0.661 e. The van der Waals surface area contributed by atoms with Gasteiger partial charge in [-0.1, -0.05) is 83.0 Å².